The SMILES string of the molecule is CCCOc1ccccc1N1CCCC1. The van der Waals surface area contributed by atoms with E-state index in [9.17, 15) is 0 Å². The van der Waals surface area contributed by atoms with Gasteiger partial charge in [0.25, 0.3) is 0 Å². The van der Waals surface area contributed by atoms with Crippen LogP contribution in [0.2, 0.25) is 0 Å². The Morgan fingerprint density at radius 1 is 1.20 bits per heavy atom. The van der Waals surface area contributed by atoms with E-state index in [1.807, 2.05) is 6.07 Å². The summed E-state index contributed by atoms with van der Waals surface area (Å²) in [5.41, 5.74) is 1.27. The van der Waals surface area contributed by atoms with Crippen LogP contribution in [0.5, 0.6) is 5.75 Å². The minimum absolute atomic E-state index is 0.810. The summed E-state index contributed by atoms with van der Waals surface area (Å²) in [6.07, 6.45) is 3.68. The number of ether oxygens (including phenoxy) is 1. The van der Waals surface area contributed by atoms with E-state index in [1.54, 1.807) is 0 Å². The third-order valence-electron chi connectivity index (χ3n) is 2.77. The molecule has 0 unspecified atom stereocenters. The molecule has 1 fully saturated rings. The number of nitrogens with zero attached hydrogens (tertiary/aromatic N) is 1. The first-order valence-corrected chi connectivity index (χ1v) is 5.88. The Balaban J connectivity index is 2.13. The summed E-state index contributed by atoms with van der Waals surface area (Å²) in [7, 11) is 0. The van der Waals surface area contributed by atoms with Crippen molar-refractivity contribution in [3.8, 4) is 5.75 Å². The molecule has 1 saturated heterocycles. The van der Waals surface area contributed by atoms with E-state index in [4.69, 9.17) is 4.74 Å². The zero-order valence-electron chi connectivity index (χ0n) is 9.41. The predicted octanol–water partition coefficient (Wildman–Crippen LogP) is 3.08. The Morgan fingerprint density at radius 2 is 1.93 bits per heavy atom. The molecule has 82 valence electrons. The van der Waals surface area contributed by atoms with Crippen LogP contribution in [-0.2, 0) is 0 Å². The number of anilines is 1. The number of rotatable bonds is 4. The van der Waals surface area contributed by atoms with Crippen molar-refractivity contribution in [2.45, 2.75) is 26.2 Å². The van der Waals surface area contributed by atoms with Crippen molar-refractivity contribution in [3.05, 3.63) is 24.3 Å². The van der Waals surface area contributed by atoms with Crippen molar-refractivity contribution >= 4 is 5.69 Å². The molecule has 15 heavy (non-hydrogen) atoms. The summed E-state index contributed by atoms with van der Waals surface area (Å²) in [6.45, 7) is 5.29. The third-order valence-corrected chi connectivity index (χ3v) is 2.77. The first-order chi connectivity index (χ1) is 7.42. The standard InChI is InChI=1S/C13H19NO/c1-2-11-15-13-8-4-3-7-12(13)14-9-5-6-10-14/h3-4,7-8H,2,5-6,9-11H2,1H3. The average Bonchev–Trinajstić information content (AvgIpc) is 2.80. The normalized spacial score (nSPS) is 15.7. The minimum atomic E-state index is 0.810. The van der Waals surface area contributed by atoms with Crippen molar-refractivity contribution in [2.24, 2.45) is 0 Å². The number of para-hydroxylation sites is 2. The largest absolute Gasteiger partial charge is 0.491 e. The average molecular weight is 205 g/mol. The Labute approximate surface area is 91.9 Å². The van der Waals surface area contributed by atoms with Gasteiger partial charge in [-0.3, -0.25) is 0 Å². The lowest BCUT2D eigenvalue weighted by Gasteiger charge is -2.21. The van der Waals surface area contributed by atoms with Gasteiger partial charge >= 0.3 is 0 Å². The lowest BCUT2D eigenvalue weighted by Crippen LogP contribution is -2.18. The molecule has 0 aliphatic carbocycles. The van der Waals surface area contributed by atoms with Crippen LogP contribution in [0, 0.1) is 0 Å². The highest BCUT2D eigenvalue weighted by Gasteiger charge is 2.15. The minimum Gasteiger partial charge on any atom is -0.491 e. The Bertz CT molecular complexity index is 305. The van der Waals surface area contributed by atoms with E-state index in [0.717, 1.165) is 18.8 Å². The molecule has 0 saturated carbocycles. The van der Waals surface area contributed by atoms with Gasteiger partial charge in [-0.1, -0.05) is 19.1 Å². The summed E-state index contributed by atoms with van der Waals surface area (Å²) < 4.78 is 5.76. The molecule has 2 heteroatoms. The quantitative estimate of drug-likeness (QED) is 0.749. The predicted molar refractivity (Wildman–Crippen MR) is 63.7 cm³/mol. The molecule has 2 rings (SSSR count). The Morgan fingerprint density at radius 3 is 2.67 bits per heavy atom. The summed E-state index contributed by atoms with van der Waals surface area (Å²) in [6, 6.07) is 8.37. The molecule has 1 aliphatic rings. The van der Waals surface area contributed by atoms with E-state index >= 15 is 0 Å². The fourth-order valence-electron chi connectivity index (χ4n) is 2.01. The number of hydrogen-bond acceptors (Lipinski definition) is 2. The van der Waals surface area contributed by atoms with Crippen LogP contribution in [0.15, 0.2) is 24.3 Å². The van der Waals surface area contributed by atoms with Gasteiger partial charge in [0.15, 0.2) is 0 Å². The summed E-state index contributed by atoms with van der Waals surface area (Å²) in [5, 5.41) is 0. The van der Waals surface area contributed by atoms with Gasteiger partial charge in [0, 0.05) is 13.1 Å². The van der Waals surface area contributed by atoms with E-state index in [1.165, 1.54) is 31.6 Å². The number of benzene rings is 1. The van der Waals surface area contributed by atoms with Gasteiger partial charge in [-0.2, -0.15) is 0 Å². The van der Waals surface area contributed by atoms with Crippen molar-refractivity contribution in [1.29, 1.82) is 0 Å². The van der Waals surface area contributed by atoms with Gasteiger partial charge in [-0.05, 0) is 31.4 Å². The molecule has 1 heterocycles. The van der Waals surface area contributed by atoms with Crippen molar-refractivity contribution < 1.29 is 4.74 Å². The molecule has 0 atom stereocenters. The highest BCUT2D eigenvalue weighted by molar-refractivity contribution is 5.58. The molecule has 1 aromatic carbocycles. The zero-order valence-corrected chi connectivity index (χ0v) is 9.41. The molecule has 1 aliphatic heterocycles. The van der Waals surface area contributed by atoms with Crippen LogP contribution in [0.4, 0.5) is 5.69 Å². The van der Waals surface area contributed by atoms with E-state index < -0.39 is 0 Å². The molecule has 0 spiro atoms. The monoisotopic (exact) mass is 205 g/mol. The lowest BCUT2D eigenvalue weighted by molar-refractivity contribution is 0.318. The molecule has 1 aromatic rings. The van der Waals surface area contributed by atoms with Crippen molar-refractivity contribution in [3.63, 3.8) is 0 Å². The van der Waals surface area contributed by atoms with Crippen LogP contribution in [0.3, 0.4) is 0 Å². The van der Waals surface area contributed by atoms with Gasteiger partial charge in [0.2, 0.25) is 0 Å². The lowest BCUT2D eigenvalue weighted by atomic mass is 10.2. The van der Waals surface area contributed by atoms with E-state index in [2.05, 4.69) is 30.0 Å². The van der Waals surface area contributed by atoms with Crippen LogP contribution < -0.4 is 9.64 Å². The molecule has 0 amide bonds. The van der Waals surface area contributed by atoms with Gasteiger partial charge in [0.1, 0.15) is 5.75 Å². The van der Waals surface area contributed by atoms with Crippen LogP contribution in [0.1, 0.15) is 26.2 Å². The summed E-state index contributed by atoms with van der Waals surface area (Å²) >= 11 is 0. The molecule has 2 nitrogen and oxygen atoms in total. The molecule has 0 N–H and O–H groups in total. The second-order valence-electron chi connectivity index (χ2n) is 4.01. The Kier molecular flexibility index (Phi) is 3.49. The zero-order chi connectivity index (χ0) is 10.5. The third kappa shape index (κ3) is 2.44. The van der Waals surface area contributed by atoms with Crippen LogP contribution >= 0.6 is 0 Å². The highest BCUT2D eigenvalue weighted by atomic mass is 16.5. The van der Waals surface area contributed by atoms with Gasteiger partial charge in [-0.15, -0.1) is 0 Å². The Hall–Kier alpha value is -1.18. The fraction of sp³-hybridized carbons (Fsp3) is 0.538. The summed E-state index contributed by atoms with van der Waals surface area (Å²) in [4.78, 5) is 2.42. The van der Waals surface area contributed by atoms with Gasteiger partial charge in [0.05, 0.1) is 12.3 Å². The first kappa shape index (κ1) is 10.3. The maximum Gasteiger partial charge on any atom is 0.142 e. The van der Waals surface area contributed by atoms with Crippen LogP contribution in [-0.4, -0.2) is 19.7 Å². The topological polar surface area (TPSA) is 12.5 Å². The molecule has 0 bridgehead atoms. The van der Waals surface area contributed by atoms with Crippen molar-refractivity contribution in [1.82, 2.24) is 0 Å². The molecule has 0 radical (unpaired) electrons. The highest BCUT2D eigenvalue weighted by Crippen LogP contribution is 2.30. The van der Waals surface area contributed by atoms with Gasteiger partial charge < -0.3 is 9.64 Å². The maximum absolute atomic E-state index is 5.76. The number of hydrogen-bond donors (Lipinski definition) is 0. The van der Waals surface area contributed by atoms with Crippen molar-refractivity contribution in [2.75, 3.05) is 24.6 Å². The van der Waals surface area contributed by atoms with Gasteiger partial charge in [-0.25, -0.2) is 0 Å². The second-order valence-corrected chi connectivity index (χ2v) is 4.01. The first-order valence-electron chi connectivity index (χ1n) is 5.88. The van der Waals surface area contributed by atoms with E-state index in [0.29, 0.717) is 0 Å². The molecular weight excluding hydrogens is 186 g/mol. The molecular formula is C13H19NO. The molecule has 0 aromatic heterocycles. The smallest absolute Gasteiger partial charge is 0.142 e. The maximum atomic E-state index is 5.76. The second kappa shape index (κ2) is 5.06. The van der Waals surface area contributed by atoms with Crippen LogP contribution in [0.25, 0.3) is 0 Å². The summed E-state index contributed by atoms with van der Waals surface area (Å²) in [5.74, 6) is 1.04. The van der Waals surface area contributed by atoms with E-state index in [-0.39, 0.29) is 0 Å². The fourth-order valence-corrected chi connectivity index (χ4v) is 2.01.